The molecule has 1 aromatic heterocycles. The molecular weight excluding hydrogens is 411 g/mol. The Morgan fingerprint density at radius 1 is 1.21 bits per heavy atom. The number of ether oxygens (including phenoxy) is 1. The molecule has 28 heavy (non-hydrogen) atoms. The molecule has 1 saturated heterocycles. The summed E-state index contributed by atoms with van der Waals surface area (Å²) >= 11 is 0. The molecule has 2 heterocycles. The molecule has 0 bridgehead atoms. The molecule has 6 nitrogen and oxygen atoms in total. The summed E-state index contributed by atoms with van der Waals surface area (Å²) in [6, 6.07) is 3.32. The highest BCUT2D eigenvalue weighted by atomic mass is 32.2. The van der Waals surface area contributed by atoms with Crippen LogP contribution in [0.4, 0.5) is 22.0 Å². The summed E-state index contributed by atoms with van der Waals surface area (Å²) in [5.74, 6) is -2.00. The van der Waals surface area contributed by atoms with Crippen LogP contribution in [0.2, 0.25) is 0 Å². The van der Waals surface area contributed by atoms with E-state index >= 15 is 0 Å². The van der Waals surface area contributed by atoms with Gasteiger partial charge in [-0.25, -0.2) is 8.42 Å². The molecule has 2 aromatic rings. The lowest BCUT2D eigenvalue weighted by Gasteiger charge is -2.34. The SMILES string of the molecule is CC1CCOC(c2nnc(C(F)F)o2)C1S(=O)(=O)c1cccc(C(F)(F)F)c1. The molecule has 0 aliphatic carbocycles. The van der Waals surface area contributed by atoms with E-state index < -0.39 is 62.0 Å². The summed E-state index contributed by atoms with van der Waals surface area (Å²) in [6.45, 7) is 1.68. The molecule has 0 spiro atoms. The molecule has 1 aromatic carbocycles. The second kappa shape index (κ2) is 7.39. The van der Waals surface area contributed by atoms with Gasteiger partial charge in [-0.15, -0.1) is 10.2 Å². The van der Waals surface area contributed by atoms with Crippen LogP contribution in [0.25, 0.3) is 0 Å². The molecule has 3 unspecified atom stereocenters. The highest BCUT2D eigenvalue weighted by Gasteiger charge is 2.46. The van der Waals surface area contributed by atoms with Crippen LogP contribution in [0, 0.1) is 5.92 Å². The number of benzene rings is 1. The number of nitrogens with zero attached hydrogens (tertiary/aromatic N) is 2. The minimum Gasteiger partial charge on any atom is -0.417 e. The standard InChI is InChI=1S/C16H15F5N2O4S/c1-8-5-6-26-11(14-22-23-15(27-14)13(17)18)12(8)28(24,25)10-4-2-3-9(7-10)16(19,20)21/h2-4,7-8,11-13H,5-6H2,1H3. The topological polar surface area (TPSA) is 82.3 Å². The molecule has 0 radical (unpaired) electrons. The lowest BCUT2D eigenvalue weighted by Crippen LogP contribution is -2.40. The van der Waals surface area contributed by atoms with E-state index in [0.29, 0.717) is 12.5 Å². The van der Waals surface area contributed by atoms with Gasteiger partial charge in [0.2, 0.25) is 5.89 Å². The molecule has 1 fully saturated rings. The van der Waals surface area contributed by atoms with Gasteiger partial charge in [0.05, 0.1) is 10.5 Å². The van der Waals surface area contributed by atoms with E-state index in [9.17, 15) is 30.4 Å². The van der Waals surface area contributed by atoms with Crippen LogP contribution in [0.3, 0.4) is 0 Å². The van der Waals surface area contributed by atoms with E-state index in [1.165, 1.54) is 0 Å². The van der Waals surface area contributed by atoms with Crippen LogP contribution in [-0.2, 0) is 20.8 Å². The van der Waals surface area contributed by atoms with Gasteiger partial charge in [-0.1, -0.05) is 13.0 Å². The molecule has 3 atom stereocenters. The second-order valence-corrected chi connectivity index (χ2v) is 8.48. The quantitative estimate of drug-likeness (QED) is 0.689. The minimum atomic E-state index is -4.72. The molecule has 154 valence electrons. The zero-order valence-corrected chi connectivity index (χ0v) is 15.2. The molecule has 3 rings (SSSR count). The maximum absolute atomic E-state index is 13.1. The van der Waals surface area contributed by atoms with Crippen molar-refractivity contribution in [3.05, 3.63) is 41.6 Å². The van der Waals surface area contributed by atoms with Crippen LogP contribution in [-0.4, -0.2) is 30.5 Å². The van der Waals surface area contributed by atoms with Crippen molar-refractivity contribution in [3.8, 4) is 0 Å². The smallest absolute Gasteiger partial charge is 0.416 e. The first-order chi connectivity index (χ1) is 13.0. The summed E-state index contributed by atoms with van der Waals surface area (Å²) in [5, 5.41) is 5.23. The van der Waals surface area contributed by atoms with E-state index in [0.717, 1.165) is 18.2 Å². The van der Waals surface area contributed by atoms with Gasteiger partial charge in [-0.05, 0) is 30.5 Å². The van der Waals surface area contributed by atoms with Gasteiger partial charge in [0.1, 0.15) is 5.25 Å². The van der Waals surface area contributed by atoms with Crippen molar-refractivity contribution in [1.29, 1.82) is 0 Å². The Hall–Kier alpha value is -2.08. The Morgan fingerprint density at radius 2 is 1.93 bits per heavy atom. The number of alkyl halides is 5. The predicted octanol–water partition coefficient (Wildman–Crippen LogP) is 3.97. The highest BCUT2D eigenvalue weighted by molar-refractivity contribution is 7.92. The Bertz CT molecular complexity index is 945. The Kier molecular flexibility index (Phi) is 5.45. The van der Waals surface area contributed by atoms with Crippen LogP contribution >= 0.6 is 0 Å². The second-order valence-electron chi connectivity index (χ2n) is 6.37. The van der Waals surface area contributed by atoms with E-state index in [1.54, 1.807) is 6.92 Å². The molecule has 1 aliphatic rings. The zero-order chi connectivity index (χ0) is 20.7. The van der Waals surface area contributed by atoms with Crippen molar-refractivity contribution < 1.29 is 39.5 Å². The maximum atomic E-state index is 13.1. The third-order valence-corrected chi connectivity index (χ3v) is 6.80. The van der Waals surface area contributed by atoms with Crippen molar-refractivity contribution in [2.75, 3.05) is 6.61 Å². The summed E-state index contributed by atoms with van der Waals surface area (Å²) < 4.78 is 101. The fraction of sp³-hybridized carbons (Fsp3) is 0.500. The number of sulfone groups is 1. The number of aromatic nitrogens is 2. The number of rotatable bonds is 4. The Labute approximate surface area is 156 Å². The van der Waals surface area contributed by atoms with Crippen LogP contribution < -0.4 is 0 Å². The largest absolute Gasteiger partial charge is 0.417 e. The molecular formula is C16H15F5N2O4S. The van der Waals surface area contributed by atoms with Crippen molar-refractivity contribution >= 4 is 9.84 Å². The third kappa shape index (κ3) is 3.88. The molecule has 1 aliphatic heterocycles. The summed E-state index contributed by atoms with van der Waals surface area (Å²) in [4.78, 5) is -0.553. The van der Waals surface area contributed by atoms with Crippen LogP contribution in [0.5, 0.6) is 0 Å². The molecule has 0 saturated carbocycles. The van der Waals surface area contributed by atoms with Crippen LogP contribution in [0.1, 0.15) is 43.2 Å². The maximum Gasteiger partial charge on any atom is 0.416 e. The average Bonchev–Trinajstić information content (AvgIpc) is 3.11. The highest BCUT2D eigenvalue weighted by Crippen LogP contribution is 2.40. The van der Waals surface area contributed by atoms with Crippen LogP contribution in [0.15, 0.2) is 33.6 Å². The summed E-state index contributed by atoms with van der Waals surface area (Å²) in [5.41, 5.74) is -1.12. The lowest BCUT2D eigenvalue weighted by molar-refractivity contribution is -0.137. The average molecular weight is 426 g/mol. The van der Waals surface area contributed by atoms with Gasteiger partial charge in [-0.2, -0.15) is 22.0 Å². The van der Waals surface area contributed by atoms with E-state index in [4.69, 9.17) is 9.15 Å². The van der Waals surface area contributed by atoms with E-state index in [-0.39, 0.29) is 6.61 Å². The third-order valence-electron chi connectivity index (χ3n) is 4.46. The van der Waals surface area contributed by atoms with Crippen molar-refractivity contribution in [3.63, 3.8) is 0 Å². The summed E-state index contributed by atoms with van der Waals surface area (Å²) in [6.07, 6.45) is -8.85. The molecule has 0 amide bonds. The fourth-order valence-corrected chi connectivity index (χ4v) is 5.22. The Balaban J connectivity index is 2.03. The number of halogens is 5. The normalized spacial score (nSPS) is 23.9. The monoisotopic (exact) mass is 426 g/mol. The van der Waals surface area contributed by atoms with Gasteiger partial charge in [0.25, 0.3) is 5.89 Å². The first-order valence-corrected chi connectivity index (χ1v) is 9.70. The van der Waals surface area contributed by atoms with E-state index in [1.807, 2.05) is 0 Å². The fourth-order valence-electron chi connectivity index (χ4n) is 3.07. The van der Waals surface area contributed by atoms with Gasteiger partial charge in [-0.3, -0.25) is 0 Å². The minimum absolute atomic E-state index is 0.104. The van der Waals surface area contributed by atoms with Gasteiger partial charge in [0.15, 0.2) is 15.9 Å². The van der Waals surface area contributed by atoms with Gasteiger partial charge < -0.3 is 9.15 Å². The number of hydrogen-bond acceptors (Lipinski definition) is 6. The lowest BCUT2D eigenvalue weighted by atomic mass is 9.97. The summed E-state index contributed by atoms with van der Waals surface area (Å²) in [7, 11) is -4.34. The van der Waals surface area contributed by atoms with E-state index in [2.05, 4.69) is 10.2 Å². The van der Waals surface area contributed by atoms with Crippen molar-refractivity contribution in [2.45, 2.75) is 42.2 Å². The van der Waals surface area contributed by atoms with Crippen molar-refractivity contribution in [1.82, 2.24) is 10.2 Å². The first-order valence-electron chi connectivity index (χ1n) is 8.16. The zero-order valence-electron chi connectivity index (χ0n) is 14.4. The molecule has 12 heteroatoms. The first kappa shape index (κ1) is 20.6. The van der Waals surface area contributed by atoms with Gasteiger partial charge >= 0.3 is 12.6 Å². The molecule has 0 N–H and O–H groups in total. The van der Waals surface area contributed by atoms with Gasteiger partial charge in [0, 0.05) is 6.61 Å². The number of hydrogen-bond donors (Lipinski definition) is 0. The van der Waals surface area contributed by atoms with Crippen molar-refractivity contribution in [2.24, 2.45) is 5.92 Å². The predicted molar refractivity (Wildman–Crippen MR) is 84.1 cm³/mol. The Morgan fingerprint density at radius 3 is 2.54 bits per heavy atom.